The number of carboxylic acid groups (broad SMARTS) is 2. The van der Waals surface area contributed by atoms with E-state index in [-0.39, 0.29) is 24.7 Å². The molecule has 108 valence electrons. The quantitative estimate of drug-likeness (QED) is 0.521. The molecule has 1 saturated carbocycles. The van der Waals surface area contributed by atoms with Crippen LogP contribution in [0.1, 0.15) is 39.0 Å². The third-order valence-electron chi connectivity index (χ3n) is 3.27. The van der Waals surface area contributed by atoms with Crippen molar-refractivity contribution >= 4 is 18.0 Å². The van der Waals surface area contributed by atoms with Crippen molar-refractivity contribution in [3.63, 3.8) is 0 Å². The number of carbonyl (C=O) groups excluding carboxylic acids is 1. The van der Waals surface area contributed by atoms with Gasteiger partial charge in [0.1, 0.15) is 6.04 Å². The highest BCUT2D eigenvalue weighted by Gasteiger charge is 2.37. The fourth-order valence-corrected chi connectivity index (χ4v) is 1.61. The Hall–Kier alpha value is -1.79. The summed E-state index contributed by atoms with van der Waals surface area (Å²) in [6, 6.07) is -1.57. The smallest absolute Gasteiger partial charge is 0.326 e. The number of hydrogen-bond donors (Lipinski definition) is 4. The summed E-state index contributed by atoms with van der Waals surface area (Å²) in [5.74, 6) is -2.13. The zero-order valence-electron chi connectivity index (χ0n) is 10.9. The maximum atomic E-state index is 11.5. The number of carbonyl (C=O) groups is 3. The first-order chi connectivity index (χ1) is 8.82. The lowest BCUT2D eigenvalue weighted by molar-refractivity contribution is -0.140. The summed E-state index contributed by atoms with van der Waals surface area (Å²) in [5, 5.41) is 22.4. The van der Waals surface area contributed by atoms with Crippen molar-refractivity contribution in [3.8, 4) is 0 Å². The molecular weight excluding hydrogens is 252 g/mol. The van der Waals surface area contributed by atoms with E-state index in [4.69, 9.17) is 10.2 Å². The van der Waals surface area contributed by atoms with Gasteiger partial charge in [0.2, 0.25) is 0 Å². The van der Waals surface area contributed by atoms with E-state index in [2.05, 4.69) is 17.6 Å². The number of nitrogens with one attached hydrogen (secondary N) is 2. The lowest BCUT2D eigenvalue weighted by atomic mass is 10.1. The molecule has 1 atom stereocenters. The molecule has 4 N–H and O–H groups in total. The van der Waals surface area contributed by atoms with Gasteiger partial charge >= 0.3 is 18.0 Å². The molecule has 0 aromatic rings. The predicted molar refractivity (Wildman–Crippen MR) is 66.8 cm³/mol. The molecular formula is C12H20N2O5. The van der Waals surface area contributed by atoms with E-state index < -0.39 is 24.0 Å². The van der Waals surface area contributed by atoms with Gasteiger partial charge in [-0.25, -0.2) is 9.59 Å². The van der Waals surface area contributed by atoms with Gasteiger partial charge in [-0.2, -0.15) is 0 Å². The Morgan fingerprint density at radius 3 is 2.37 bits per heavy atom. The van der Waals surface area contributed by atoms with Crippen molar-refractivity contribution in [2.45, 2.75) is 45.1 Å². The van der Waals surface area contributed by atoms with Gasteiger partial charge < -0.3 is 20.8 Å². The molecule has 0 heterocycles. The lowest BCUT2D eigenvalue weighted by Crippen LogP contribution is -2.47. The predicted octanol–water partition coefficient (Wildman–Crippen LogP) is 0.794. The van der Waals surface area contributed by atoms with Crippen LogP contribution in [0.25, 0.3) is 0 Å². The molecule has 1 fully saturated rings. The molecule has 7 nitrogen and oxygen atoms in total. The van der Waals surface area contributed by atoms with E-state index in [1.807, 2.05) is 0 Å². The molecule has 1 rings (SSSR count). The molecule has 2 amide bonds. The van der Waals surface area contributed by atoms with Crippen molar-refractivity contribution < 1.29 is 24.6 Å². The van der Waals surface area contributed by atoms with Crippen molar-refractivity contribution in [2.24, 2.45) is 5.41 Å². The zero-order chi connectivity index (χ0) is 14.5. The van der Waals surface area contributed by atoms with Crippen molar-refractivity contribution in [3.05, 3.63) is 0 Å². The minimum Gasteiger partial charge on any atom is -0.481 e. The van der Waals surface area contributed by atoms with Crippen molar-refractivity contribution in [2.75, 3.05) is 6.54 Å². The second-order valence-electron chi connectivity index (χ2n) is 5.31. The van der Waals surface area contributed by atoms with Gasteiger partial charge in [-0.05, 0) is 31.1 Å². The molecule has 1 aliphatic carbocycles. The van der Waals surface area contributed by atoms with Crippen LogP contribution in [0.15, 0.2) is 0 Å². The molecule has 19 heavy (non-hydrogen) atoms. The maximum absolute atomic E-state index is 11.5. The Labute approximate surface area is 111 Å². The fraction of sp³-hybridized carbons (Fsp3) is 0.750. The van der Waals surface area contributed by atoms with Crippen LogP contribution in [0.2, 0.25) is 0 Å². The van der Waals surface area contributed by atoms with Gasteiger partial charge in [-0.3, -0.25) is 4.79 Å². The van der Waals surface area contributed by atoms with E-state index in [1.165, 1.54) is 0 Å². The van der Waals surface area contributed by atoms with Crippen LogP contribution in [0.4, 0.5) is 4.79 Å². The maximum Gasteiger partial charge on any atom is 0.326 e. The van der Waals surface area contributed by atoms with E-state index >= 15 is 0 Å². The Morgan fingerprint density at radius 1 is 1.26 bits per heavy atom. The summed E-state index contributed by atoms with van der Waals surface area (Å²) in [5.41, 5.74) is 0.152. The highest BCUT2D eigenvalue weighted by atomic mass is 16.4. The van der Waals surface area contributed by atoms with Gasteiger partial charge in [0, 0.05) is 13.0 Å². The largest absolute Gasteiger partial charge is 0.481 e. The van der Waals surface area contributed by atoms with E-state index in [1.54, 1.807) is 0 Å². The highest BCUT2D eigenvalue weighted by Crippen LogP contribution is 2.43. The average molecular weight is 272 g/mol. The summed E-state index contributed by atoms with van der Waals surface area (Å²) in [7, 11) is 0. The third kappa shape index (κ3) is 6.08. The first kappa shape index (κ1) is 15.3. The van der Waals surface area contributed by atoms with Crippen LogP contribution in [-0.4, -0.2) is 40.8 Å². The van der Waals surface area contributed by atoms with Crippen LogP contribution in [0.5, 0.6) is 0 Å². The second-order valence-corrected chi connectivity index (χ2v) is 5.31. The summed E-state index contributed by atoms with van der Waals surface area (Å²) < 4.78 is 0. The number of carboxylic acids is 2. The van der Waals surface area contributed by atoms with Crippen LogP contribution in [0, 0.1) is 5.41 Å². The van der Waals surface area contributed by atoms with E-state index in [0.717, 1.165) is 12.8 Å². The fourth-order valence-electron chi connectivity index (χ4n) is 1.61. The van der Waals surface area contributed by atoms with Crippen molar-refractivity contribution in [1.29, 1.82) is 0 Å². The molecule has 7 heteroatoms. The topological polar surface area (TPSA) is 116 Å². The number of urea groups is 1. The molecule has 0 aliphatic heterocycles. The summed E-state index contributed by atoms with van der Waals surface area (Å²) in [4.78, 5) is 32.8. The van der Waals surface area contributed by atoms with Crippen molar-refractivity contribution in [1.82, 2.24) is 10.6 Å². The summed E-state index contributed by atoms with van der Waals surface area (Å²) in [6.45, 7) is 2.58. The molecule has 0 radical (unpaired) electrons. The van der Waals surface area contributed by atoms with Crippen LogP contribution in [0.3, 0.4) is 0 Å². The van der Waals surface area contributed by atoms with Gasteiger partial charge in [0.05, 0.1) is 0 Å². The molecule has 0 bridgehead atoms. The van der Waals surface area contributed by atoms with Crippen LogP contribution < -0.4 is 10.6 Å². The van der Waals surface area contributed by atoms with Crippen LogP contribution >= 0.6 is 0 Å². The Kier molecular flexibility index (Phi) is 5.14. The molecule has 0 unspecified atom stereocenters. The van der Waals surface area contributed by atoms with Gasteiger partial charge in [-0.1, -0.05) is 6.92 Å². The number of amides is 2. The highest BCUT2D eigenvalue weighted by molar-refractivity contribution is 5.82. The molecule has 0 aromatic heterocycles. The van der Waals surface area contributed by atoms with Crippen LogP contribution in [-0.2, 0) is 9.59 Å². The lowest BCUT2D eigenvalue weighted by Gasteiger charge is -2.16. The average Bonchev–Trinajstić information content (AvgIpc) is 3.03. The number of rotatable bonds is 8. The van der Waals surface area contributed by atoms with E-state index in [9.17, 15) is 14.4 Å². The number of aliphatic carboxylic acids is 2. The van der Waals surface area contributed by atoms with Gasteiger partial charge in [-0.15, -0.1) is 0 Å². The first-order valence-electron chi connectivity index (χ1n) is 6.31. The van der Waals surface area contributed by atoms with Gasteiger partial charge in [0.15, 0.2) is 0 Å². The Balaban J connectivity index is 2.28. The SMILES string of the molecule is CC1(CNC(=O)N[C@H](CCCC(=O)O)C(=O)O)CC1. The molecule has 0 spiro atoms. The van der Waals surface area contributed by atoms with E-state index in [0.29, 0.717) is 6.54 Å². The summed E-state index contributed by atoms with van der Waals surface area (Å²) in [6.07, 6.45) is 2.34. The Morgan fingerprint density at radius 2 is 1.89 bits per heavy atom. The Bertz CT molecular complexity index is 365. The first-order valence-corrected chi connectivity index (χ1v) is 6.31. The molecule has 0 saturated heterocycles. The third-order valence-corrected chi connectivity index (χ3v) is 3.27. The second kappa shape index (κ2) is 6.40. The molecule has 1 aliphatic rings. The monoisotopic (exact) mass is 272 g/mol. The zero-order valence-corrected chi connectivity index (χ0v) is 10.9. The normalized spacial score (nSPS) is 17.3. The standard InChI is InChI=1S/C12H20N2O5/c1-12(5-6-12)7-13-11(19)14-8(10(17)18)3-2-4-9(15)16/h8H,2-7H2,1H3,(H,15,16)(H,17,18)(H2,13,14,19)/t8-/m1/s1. The number of hydrogen-bond acceptors (Lipinski definition) is 3. The van der Waals surface area contributed by atoms with Gasteiger partial charge in [0.25, 0.3) is 0 Å². The minimum atomic E-state index is -1.15. The molecule has 0 aromatic carbocycles. The summed E-state index contributed by atoms with van der Waals surface area (Å²) >= 11 is 0. The minimum absolute atomic E-state index is 0.103.